The Labute approximate surface area is 80.0 Å². The predicted molar refractivity (Wildman–Crippen MR) is 50.2 cm³/mol. The molecule has 0 amide bonds. The molecule has 0 aliphatic carbocycles. The molecular weight excluding hydrogens is 186 g/mol. The molecule has 1 aromatic rings. The maximum absolute atomic E-state index is 11.1. The zero-order chi connectivity index (χ0) is 10.6. The lowest BCUT2D eigenvalue weighted by Crippen LogP contribution is -2.31. The van der Waals surface area contributed by atoms with Gasteiger partial charge in [-0.3, -0.25) is 4.79 Å². The van der Waals surface area contributed by atoms with Crippen molar-refractivity contribution in [3.05, 3.63) is 22.7 Å². The van der Waals surface area contributed by atoms with E-state index in [1.165, 1.54) is 12.4 Å². The van der Waals surface area contributed by atoms with Gasteiger partial charge in [0.15, 0.2) is 5.82 Å². The van der Waals surface area contributed by atoms with Crippen molar-refractivity contribution in [1.82, 2.24) is 9.97 Å². The molecule has 1 rings (SSSR count). The van der Waals surface area contributed by atoms with Crippen molar-refractivity contribution >= 4 is 11.8 Å². The van der Waals surface area contributed by atoms with E-state index in [1.807, 2.05) is 0 Å². The lowest BCUT2D eigenvalue weighted by Gasteiger charge is -2.11. The first-order chi connectivity index (χ1) is 6.65. The van der Waals surface area contributed by atoms with E-state index in [0.717, 1.165) is 0 Å². The molecule has 6 nitrogen and oxygen atoms in total. The molecule has 0 fully saturated rings. The average molecular weight is 197 g/mol. The van der Waals surface area contributed by atoms with Crippen LogP contribution in [0, 0.1) is 0 Å². The van der Waals surface area contributed by atoms with Crippen LogP contribution in [0.1, 0.15) is 13.3 Å². The Morgan fingerprint density at radius 2 is 2.50 bits per heavy atom. The second-order valence-electron chi connectivity index (χ2n) is 2.71. The van der Waals surface area contributed by atoms with Gasteiger partial charge in [0, 0.05) is 12.4 Å². The van der Waals surface area contributed by atoms with Crippen molar-refractivity contribution in [2.24, 2.45) is 0 Å². The third kappa shape index (κ3) is 2.32. The quantitative estimate of drug-likeness (QED) is 0.633. The normalized spacial score (nSPS) is 12.1. The van der Waals surface area contributed by atoms with Gasteiger partial charge in [0.25, 0.3) is 5.56 Å². The van der Waals surface area contributed by atoms with Gasteiger partial charge in [-0.15, -0.1) is 0 Å². The molecule has 0 aliphatic rings. The highest BCUT2D eigenvalue weighted by molar-refractivity contribution is 5.76. The Kier molecular flexibility index (Phi) is 3.22. The van der Waals surface area contributed by atoms with Gasteiger partial charge in [-0.05, 0) is 6.42 Å². The minimum absolute atomic E-state index is 0.0294. The van der Waals surface area contributed by atoms with Crippen LogP contribution in [0.25, 0.3) is 0 Å². The molecule has 1 heterocycles. The molecule has 1 aromatic heterocycles. The van der Waals surface area contributed by atoms with Gasteiger partial charge >= 0.3 is 5.97 Å². The summed E-state index contributed by atoms with van der Waals surface area (Å²) in [5.41, 5.74) is -0.424. The topological polar surface area (TPSA) is 95.1 Å². The largest absolute Gasteiger partial charge is 0.480 e. The fourth-order valence-corrected chi connectivity index (χ4v) is 0.958. The van der Waals surface area contributed by atoms with E-state index in [4.69, 9.17) is 5.11 Å². The van der Waals surface area contributed by atoms with E-state index < -0.39 is 17.6 Å². The van der Waals surface area contributed by atoms with Crippen LogP contribution >= 0.6 is 0 Å². The summed E-state index contributed by atoms with van der Waals surface area (Å²) >= 11 is 0. The van der Waals surface area contributed by atoms with Gasteiger partial charge in [0.2, 0.25) is 0 Å². The number of aromatic amines is 1. The number of rotatable bonds is 4. The van der Waals surface area contributed by atoms with Crippen LogP contribution in [0.15, 0.2) is 17.2 Å². The number of hydrogen-bond acceptors (Lipinski definition) is 4. The Morgan fingerprint density at radius 1 is 1.79 bits per heavy atom. The van der Waals surface area contributed by atoms with Crippen LogP contribution < -0.4 is 10.9 Å². The van der Waals surface area contributed by atoms with Crippen LogP contribution in [0.3, 0.4) is 0 Å². The maximum atomic E-state index is 11.1. The SMILES string of the molecule is CCC(Nc1ncc[nH]c1=O)C(=O)O. The summed E-state index contributed by atoms with van der Waals surface area (Å²) in [7, 11) is 0. The molecule has 0 spiro atoms. The number of anilines is 1. The van der Waals surface area contributed by atoms with Gasteiger partial charge < -0.3 is 15.4 Å². The minimum atomic E-state index is -1.00. The summed E-state index contributed by atoms with van der Waals surface area (Å²) < 4.78 is 0. The van der Waals surface area contributed by atoms with Crippen molar-refractivity contribution in [3.8, 4) is 0 Å². The molecule has 14 heavy (non-hydrogen) atoms. The molecule has 76 valence electrons. The van der Waals surface area contributed by atoms with E-state index >= 15 is 0 Å². The Balaban J connectivity index is 2.82. The number of hydrogen-bond donors (Lipinski definition) is 3. The van der Waals surface area contributed by atoms with Crippen molar-refractivity contribution in [2.45, 2.75) is 19.4 Å². The highest BCUT2D eigenvalue weighted by Crippen LogP contribution is 1.99. The lowest BCUT2D eigenvalue weighted by atomic mass is 10.2. The zero-order valence-electron chi connectivity index (χ0n) is 7.65. The first-order valence-corrected chi connectivity index (χ1v) is 4.18. The standard InChI is InChI=1S/C8H11N3O3/c1-2-5(8(13)14)11-6-7(12)10-4-3-9-6/h3-5H,2H2,1H3,(H,9,11)(H,10,12)(H,13,14). The highest BCUT2D eigenvalue weighted by Gasteiger charge is 2.15. The summed E-state index contributed by atoms with van der Waals surface area (Å²) in [6.45, 7) is 1.71. The zero-order valence-corrected chi connectivity index (χ0v) is 7.65. The molecular formula is C8H11N3O3. The second kappa shape index (κ2) is 4.40. The number of carbonyl (C=O) groups is 1. The van der Waals surface area contributed by atoms with E-state index in [2.05, 4.69) is 15.3 Å². The molecule has 0 radical (unpaired) electrons. The number of carboxylic acids is 1. The first kappa shape index (κ1) is 10.2. The Bertz CT molecular complexity index is 374. The smallest absolute Gasteiger partial charge is 0.326 e. The fourth-order valence-electron chi connectivity index (χ4n) is 0.958. The van der Waals surface area contributed by atoms with Gasteiger partial charge in [-0.1, -0.05) is 6.92 Å². The highest BCUT2D eigenvalue weighted by atomic mass is 16.4. The summed E-state index contributed by atoms with van der Waals surface area (Å²) in [4.78, 5) is 27.9. The van der Waals surface area contributed by atoms with Crippen molar-refractivity contribution in [1.29, 1.82) is 0 Å². The minimum Gasteiger partial charge on any atom is -0.480 e. The maximum Gasteiger partial charge on any atom is 0.326 e. The van der Waals surface area contributed by atoms with Crippen molar-refractivity contribution < 1.29 is 9.90 Å². The number of nitrogens with one attached hydrogen (secondary N) is 2. The molecule has 1 unspecified atom stereocenters. The lowest BCUT2D eigenvalue weighted by molar-refractivity contribution is -0.137. The monoisotopic (exact) mass is 197 g/mol. The van der Waals surface area contributed by atoms with E-state index in [-0.39, 0.29) is 5.82 Å². The molecule has 0 aromatic carbocycles. The Morgan fingerprint density at radius 3 is 3.00 bits per heavy atom. The summed E-state index contributed by atoms with van der Waals surface area (Å²) in [5.74, 6) is -0.973. The van der Waals surface area contributed by atoms with Crippen LogP contribution in [0.4, 0.5) is 5.82 Å². The number of nitrogens with zero attached hydrogens (tertiary/aromatic N) is 1. The van der Waals surface area contributed by atoms with E-state index in [1.54, 1.807) is 6.92 Å². The Hall–Kier alpha value is -1.85. The first-order valence-electron chi connectivity index (χ1n) is 4.18. The molecule has 1 atom stereocenters. The number of H-pyrrole nitrogens is 1. The van der Waals surface area contributed by atoms with Crippen LogP contribution in [0.5, 0.6) is 0 Å². The number of aromatic nitrogens is 2. The summed E-state index contributed by atoms with van der Waals surface area (Å²) in [6, 6.07) is -0.786. The summed E-state index contributed by atoms with van der Waals surface area (Å²) in [5, 5.41) is 11.3. The fraction of sp³-hybridized carbons (Fsp3) is 0.375. The predicted octanol–water partition coefficient (Wildman–Crippen LogP) is 0.0450. The number of aliphatic carboxylic acids is 1. The molecule has 0 saturated heterocycles. The van der Waals surface area contributed by atoms with Crippen LogP contribution in [0.2, 0.25) is 0 Å². The van der Waals surface area contributed by atoms with Gasteiger partial charge in [-0.2, -0.15) is 0 Å². The third-order valence-electron chi connectivity index (χ3n) is 1.72. The van der Waals surface area contributed by atoms with Gasteiger partial charge in [0.1, 0.15) is 6.04 Å². The molecule has 6 heteroatoms. The second-order valence-corrected chi connectivity index (χ2v) is 2.71. The van der Waals surface area contributed by atoms with Crippen LogP contribution in [-0.4, -0.2) is 27.1 Å². The van der Waals surface area contributed by atoms with E-state index in [0.29, 0.717) is 6.42 Å². The molecule has 0 aliphatic heterocycles. The third-order valence-corrected chi connectivity index (χ3v) is 1.72. The van der Waals surface area contributed by atoms with E-state index in [9.17, 15) is 9.59 Å². The molecule has 3 N–H and O–H groups in total. The van der Waals surface area contributed by atoms with Crippen LogP contribution in [-0.2, 0) is 4.79 Å². The van der Waals surface area contributed by atoms with Gasteiger partial charge in [-0.25, -0.2) is 9.78 Å². The summed E-state index contributed by atoms with van der Waals surface area (Å²) in [6.07, 6.45) is 3.15. The van der Waals surface area contributed by atoms with Gasteiger partial charge in [0.05, 0.1) is 0 Å². The average Bonchev–Trinajstić information content (AvgIpc) is 2.16. The number of carboxylic acid groups (broad SMARTS) is 1. The molecule has 0 saturated carbocycles. The van der Waals surface area contributed by atoms with Crippen molar-refractivity contribution in [2.75, 3.05) is 5.32 Å². The molecule has 0 bridgehead atoms. The van der Waals surface area contributed by atoms with Crippen molar-refractivity contribution in [3.63, 3.8) is 0 Å².